The minimum atomic E-state index is 0.0916. The Hall–Kier alpha value is -1.64. The van der Waals surface area contributed by atoms with Gasteiger partial charge in [0.15, 0.2) is 0 Å². The first kappa shape index (κ1) is 15.7. The maximum absolute atomic E-state index is 9.59. The molecule has 0 aliphatic rings. The molecule has 112 valence electrons. The van der Waals surface area contributed by atoms with Crippen molar-refractivity contribution >= 4 is 10.8 Å². The van der Waals surface area contributed by atoms with Crippen LogP contribution in [0.4, 0.5) is 0 Å². The number of rotatable bonds is 7. The van der Waals surface area contributed by atoms with Gasteiger partial charge in [0.2, 0.25) is 0 Å². The van der Waals surface area contributed by atoms with Gasteiger partial charge in [-0.1, -0.05) is 62.4 Å². The molecule has 21 heavy (non-hydrogen) atoms. The third kappa shape index (κ3) is 3.72. The normalized spacial score (nSPS) is 14.3. The summed E-state index contributed by atoms with van der Waals surface area (Å²) in [6.45, 7) is 8.28. The van der Waals surface area contributed by atoms with Crippen molar-refractivity contribution in [3.8, 4) is 0 Å². The zero-order valence-corrected chi connectivity index (χ0v) is 12.9. The molecule has 0 saturated carbocycles. The van der Waals surface area contributed by atoms with Gasteiger partial charge in [0, 0.05) is 12.1 Å². The Morgan fingerprint density at radius 1 is 1.14 bits per heavy atom. The van der Waals surface area contributed by atoms with Crippen molar-refractivity contribution in [1.29, 1.82) is 0 Å². The second kappa shape index (κ2) is 7.39. The van der Waals surface area contributed by atoms with Crippen molar-refractivity contribution < 1.29 is 5.11 Å². The fraction of sp³-hybridized carbons (Fsp3) is 0.368. The summed E-state index contributed by atoms with van der Waals surface area (Å²) in [5.74, 6) is 0.386. The summed E-state index contributed by atoms with van der Waals surface area (Å²) < 4.78 is 0. The maximum atomic E-state index is 9.59. The zero-order valence-electron chi connectivity index (χ0n) is 12.9. The van der Waals surface area contributed by atoms with Crippen molar-refractivity contribution in [2.75, 3.05) is 6.61 Å². The first-order valence-electron chi connectivity index (χ1n) is 7.62. The van der Waals surface area contributed by atoms with Crippen LogP contribution in [0.25, 0.3) is 10.8 Å². The molecule has 0 fully saturated rings. The molecule has 0 radical (unpaired) electrons. The van der Waals surface area contributed by atoms with Gasteiger partial charge in [-0.3, -0.25) is 0 Å². The summed E-state index contributed by atoms with van der Waals surface area (Å²) >= 11 is 0. The van der Waals surface area contributed by atoms with E-state index in [1.54, 1.807) is 0 Å². The Bertz CT molecular complexity index is 586. The van der Waals surface area contributed by atoms with Gasteiger partial charge in [-0.25, -0.2) is 0 Å². The van der Waals surface area contributed by atoms with Crippen LogP contribution in [0.3, 0.4) is 0 Å². The summed E-state index contributed by atoms with van der Waals surface area (Å²) in [4.78, 5) is 0. The van der Waals surface area contributed by atoms with Crippen LogP contribution in [0, 0.1) is 5.92 Å². The summed E-state index contributed by atoms with van der Waals surface area (Å²) in [6.07, 6.45) is 2.78. The Kier molecular flexibility index (Phi) is 5.54. The van der Waals surface area contributed by atoms with E-state index < -0.39 is 0 Å². The zero-order chi connectivity index (χ0) is 15.2. The molecule has 2 unspecified atom stereocenters. The smallest absolute Gasteiger partial charge is 0.0587 e. The van der Waals surface area contributed by atoms with Crippen molar-refractivity contribution in [3.05, 3.63) is 60.7 Å². The molecule has 2 heteroatoms. The van der Waals surface area contributed by atoms with Crippen LogP contribution >= 0.6 is 0 Å². The maximum Gasteiger partial charge on any atom is 0.0587 e. The van der Waals surface area contributed by atoms with Crippen molar-refractivity contribution in [2.24, 2.45) is 5.92 Å². The van der Waals surface area contributed by atoms with Crippen molar-refractivity contribution in [1.82, 2.24) is 5.32 Å². The van der Waals surface area contributed by atoms with Crippen LogP contribution in [0.2, 0.25) is 0 Å². The molecule has 0 aliphatic carbocycles. The van der Waals surface area contributed by atoms with Crippen LogP contribution in [0.15, 0.2) is 55.1 Å². The first-order chi connectivity index (χ1) is 10.2. The average molecular weight is 283 g/mol. The predicted molar refractivity (Wildman–Crippen MR) is 90.4 cm³/mol. The number of aliphatic hydroxyl groups excluding tert-OH is 1. The molecule has 2 rings (SSSR count). The molecular weight excluding hydrogens is 258 g/mol. The highest BCUT2D eigenvalue weighted by Gasteiger charge is 2.19. The van der Waals surface area contributed by atoms with Crippen molar-refractivity contribution in [3.63, 3.8) is 0 Å². The summed E-state index contributed by atoms with van der Waals surface area (Å²) in [6, 6.07) is 15.1. The second-order valence-electron chi connectivity index (χ2n) is 5.85. The molecule has 2 nitrogen and oxygen atoms in total. The number of hydrogen-bond acceptors (Lipinski definition) is 2. The molecule has 0 aliphatic heterocycles. The molecule has 2 aromatic carbocycles. The third-order valence-corrected chi connectivity index (χ3v) is 4.02. The lowest BCUT2D eigenvalue weighted by molar-refractivity contribution is 0.199. The molecule has 2 N–H and O–H groups in total. The fourth-order valence-corrected chi connectivity index (χ4v) is 2.72. The number of nitrogens with one attached hydrogen (secondary N) is 1. The van der Waals surface area contributed by atoms with Crippen molar-refractivity contribution in [2.45, 2.75) is 32.4 Å². The fourth-order valence-electron chi connectivity index (χ4n) is 2.72. The van der Waals surface area contributed by atoms with Gasteiger partial charge in [0.05, 0.1) is 6.61 Å². The minimum Gasteiger partial charge on any atom is -0.395 e. The third-order valence-electron chi connectivity index (χ3n) is 4.02. The van der Waals surface area contributed by atoms with E-state index in [0.717, 1.165) is 6.42 Å². The Balaban J connectivity index is 2.38. The van der Waals surface area contributed by atoms with E-state index in [1.807, 2.05) is 6.08 Å². The molecule has 0 aromatic heterocycles. The Labute approximate surface area is 127 Å². The van der Waals surface area contributed by atoms with Gasteiger partial charge in [0.1, 0.15) is 0 Å². The number of hydrogen-bond donors (Lipinski definition) is 2. The van der Waals surface area contributed by atoms with E-state index in [4.69, 9.17) is 0 Å². The molecule has 2 atom stereocenters. The topological polar surface area (TPSA) is 32.3 Å². The van der Waals surface area contributed by atoms with Gasteiger partial charge in [-0.15, -0.1) is 6.58 Å². The highest BCUT2D eigenvalue weighted by molar-refractivity contribution is 5.86. The first-order valence-corrected chi connectivity index (χ1v) is 7.62. The number of fused-ring (bicyclic) bond motifs is 1. The molecule has 0 amide bonds. The monoisotopic (exact) mass is 283 g/mol. The van der Waals surface area contributed by atoms with E-state index in [-0.39, 0.29) is 18.7 Å². The van der Waals surface area contributed by atoms with E-state index >= 15 is 0 Å². The number of benzene rings is 2. The van der Waals surface area contributed by atoms with Gasteiger partial charge in [-0.05, 0) is 28.7 Å². The minimum absolute atomic E-state index is 0.0916. The number of aliphatic hydroxyl groups is 1. The lowest BCUT2D eigenvalue weighted by Crippen LogP contribution is -2.39. The van der Waals surface area contributed by atoms with E-state index in [0.29, 0.717) is 5.92 Å². The molecule has 0 spiro atoms. The molecule has 0 bridgehead atoms. The van der Waals surface area contributed by atoms with Gasteiger partial charge in [0.25, 0.3) is 0 Å². The average Bonchev–Trinajstić information content (AvgIpc) is 2.50. The van der Waals surface area contributed by atoms with E-state index in [1.165, 1.54) is 16.3 Å². The lowest BCUT2D eigenvalue weighted by atomic mass is 9.94. The van der Waals surface area contributed by atoms with E-state index in [2.05, 4.69) is 68.2 Å². The van der Waals surface area contributed by atoms with Crippen LogP contribution in [0.1, 0.15) is 31.9 Å². The van der Waals surface area contributed by atoms with Crippen LogP contribution < -0.4 is 5.32 Å². The van der Waals surface area contributed by atoms with E-state index in [9.17, 15) is 5.11 Å². The summed E-state index contributed by atoms with van der Waals surface area (Å²) in [5.41, 5.74) is 1.27. The quantitative estimate of drug-likeness (QED) is 0.751. The van der Waals surface area contributed by atoms with Crippen LogP contribution in [0.5, 0.6) is 0 Å². The summed E-state index contributed by atoms with van der Waals surface area (Å²) in [7, 11) is 0. The Morgan fingerprint density at radius 2 is 1.86 bits per heavy atom. The summed E-state index contributed by atoms with van der Waals surface area (Å²) in [5, 5.41) is 15.7. The van der Waals surface area contributed by atoms with Gasteiger partial charge < -0.3 is 10.4 Å². The largest absolute Gasteiger partial charge is 0.395 e. The van der Waals surface area contributed by atoms with Crippen LogP contribution in [-0.2, 0) is 0 Å². The van der Waals surface area contributed by atoms with Gasteiger partial charge in [-0.2, -0.15) is 0 Å². The highest BCUT2D eigenvalue weighted by atomic mass is 16.3. The van der Waals surface area contributed by atoms with Crippen LogP contribution in [-0.4, -0.2) is 17.8 Å². The van der Waals surface area contributed by atoms with Gasteiger partial charge >= 0.3 is 0 Å². The molecule has 0 saturated heterocycles. The lowest BCUT2D eigenvalue weighted by Gasteiger charge is -2.27. The molecular formula is C19H25NO. The highest BCUT2D eigenvalue weighted by Crippen LogP contribution is 2.27. The molecule has 0 heterocycles. The molecule has 2 aromatic rings. The Morgan fingerprint density at radius 3 is 2.52 bits per heavy atom. The predicted octanol–water partition coefficient (Wildman–Crippen LogP) is 4.06. The second-order valence-corrected chi connectivity index (χ2v) is 5.85. The SMILES string of the molecule is C=CCC(NC(CO)C(C)C)c1cccc2ccccc12. The standard InChI is InChI=1S/C19H25NO/c1-4-8-18(20-19(13-21)14(2)3)17-12-7-10-15-9-5-6-11-16(15)17/h4-7,9-12,14,18-21H,1,8,13H2,2-3H3.